The Kier molecular flexibility index (Phi) is 5.19. The van der Waals surface area contributed by atoms with Gasteiger partial charge in [-0.1, -0.05) is 6.58 Å². The molecule has 3 rings (SSSR count). The molecule has 0 aliphatic heterocycles. The van der Waals surface area contributed by atoms with Gasteiger partial charge in [0.05, 0.1) is 12.7 Å². The molecule has 0 bridgehead atoms. The smallest absolute Gasteiger partial charge is 0.337 e. The number of ether oxygens (including phenoxy) is 1. The molecule has 0 fully saturated rings. The van der Waals surface area contributed by atoms with E-state index >= 15 is 0 Å². The first-order valence-electron chi connectivity index (χ1n) is 8.51. The average molecular weight is 350 g/mol. The molecule has 0 aliphatic carbocycles. The average Bonchev–Trinajstić information content (AvgIpc) is 3.03. The lowest BCUT2D eigenvalue weighted by atomic mass is 10.1. The predicted molar refractivity (Wildman–Crippen MR) is 103 cm³/mol. The standard InChI is InChI=1S/C21H22N2O3/c1-14(2)17-11-16-12-19(5-4-10-24)23(20(16)22-13-17)18-8-6-15(7-9-18)21(25)26-3/h6-9,11-13,24H,1,4-5,10H2,2-3H3. The topological polar surface area (TPSA) is 64.4 Å². The van der Waals surface area contributed by atoms with Crippen molar-refractivity contribution >= 4 is 22.6 Å². The van der Waals surface area contributed by atoms with Gasteiger partial charge in [0.2, 0.25) is 0 Å². The highest BCUT2D eigenvalue weighted by Gasteiger charge is 2.13. The van der Waals surface area contributed by atoms with Gasteiger partial charge in [-0.3, -0.25) is 4.57 Å². The Hall–Kier alpha value is -2.92. The van der Waals surface area contributed by atoms with Crippen LogP contribution in [0.2, 0.25) is 0 Å². The highest BCUT2D eigenvalue weighted by Crippen LogP contribution is 2.26. The van der Waals surface area contributed by atoms with Crippen LogP contribution < -0.4 is 0 Å². The number of allylic oxidation sites excluding steroid dienone is 1. The summed E-state index contributed by atoms with van der Waals surface area (Å²) >= 11 is 0. The van der Waals surface area contributed by atoms with Crippen LogP contribution in [0.15, 0.2) is 49.2 Å². The lowest BCUT2D eigenvalue weighted by molar-refractivity contribution is 0.0600. The van der Waals surface area contributed by atoms with Crippen molar-refractivity contribution in [1.29, 1.82) is 0 Å². The lowest BCUT2D eigenvalue weighted by Crippen LogP contribution is -2.04. The maximum absolute atomic E-state index is 11.7. The van der Waals surface area contributed by atoms with Gasteiger partial charge in [-0.15, -0.1) is 0 Å². The van der Waals surface area contributed by atoms with E-state index in [4.69, 9.17) is 4.74 Å². The Bertz CT molecular complexity index is 955. The number of aliphatic hydroxyl groups is 1. The normalized spacial score (nSPS) is 10.9. The quantitative estimate of drug-likeness (QED) is 0.687. The van der Waals surface area contributed by atoms with E-state index in [1.165, 1.54) is 7.11 Å². The summed E-state index contributed by atoms with van der Waals surface area (Å²) in [6, 6.07) is 11.4. The molecule has 5 heteroatoms. The Morgan fingerprint density at radius 3 is 2.58 bits per heavy atom. The third-order valence-electron chi connectivity index (χ3n) is 4.35. The number of hydrogen-bond donors (Lipinski definition) is 1. The zero-order valence-corrected chi connectivity index (χ0v) is 15.0. The molecule has 134 valence electrons. The van der Waals surface area contributed by atoms with Crippen molar-refractivity contribution in [2.24, 2.45) is 0 Å². The van der Waals surface area contributed by atoms with Gasteiger partial charge in [-0.2, -0.15) is 0 Å². The Balaban J connectivity index is 2.12. The van der Waals surface area contributed by atoms with Crippen LogP contribution in [-0.2, 0) is 11.2 Å². The number of nitrogens with zero attached hydrogens (tertiary/aromatic N) is 2. The number of pyridine rings is 1. The number of fused-ring (bicyclic) bond motifs is 1. The minimum Gasteiger partial charge on any atom is -0.465 e. The van der Waals surface area contributed by atoms with Crippen LogP contribution in [0.5, 0.6) is 0 Å². The van der Waals surface area contributed by atoms with Crippen LogP contribution >= 0.6 is 0 Å². The molecule has 2 aromatic heterocycles. The molecule has 0 unspecified atom stereocenters. The fourth-order valence-electron chi connectivity index (χ4n) is 2.98. The number of esters is 1. The van der Waals surface area contributed by atoms with Crippen LogP contribution in [-0.4, -0.2) is 34.3 Å². The van der Waals surface area contributed by atoms with E-state index in [0.717, 1.165) is 40.0 Å². The number of benzene rings is 1. The second kappa shape index (κ2) is 7.54. The Labute approximate surface area is 152 Å². The van der Waals surface area contributed by atoms with Gasteiger partial charge in [0.25, 0.3) is 0 Å². The van der Waals surface area contributed by atoms with Crippen LogP contribution in [0.4, 0.5) is 0 Å². The molecule has 0 radical (unpaired) electrons. The van der Waals surface area contributed by atoms with Crippen LogP contribution in [0, 0.1) is 0 Å². The summed E-state index contributed by atoms with van der Waals surface area (Å²) < 4.78 is 6.82. The first-order chi connectivity index (χ1) is 12.5. The number of aryl methyl sites for hydroxylation is 1. The van der Waals surface area contributed by atoms with E-state index in [1.807, 2.05) is 25.3 Å². The number of methoxy groups -OCH3 is 1. The zero-order chi connectivity index (χ0) is 18.7. The second-order valence-corrected chi connectivity index (χ2v) is 6.25. The van der Waals surface area contributed by atoms with Gasteiger partial charge in [-0.05, 0) is 67.3 Å². The van der Waals surface area contributed by atoms with Gasteiger partial charge in [0, 0.05) is 29.6 Å². The van der Waals surface area contributed by atoms with Crippen molar-refractivity contribution in [2.75, 3.05) is 13.7 Å². The minimum atomic E-state index is -0.362. The van der Waals surface area contributed by atoms with Crippen molar-refractivity contribution in [3.05, 3.63) is 66.0 Å². The van der Waals surface area contributed by atoms with E-state index in [0.29, 0.717) is 12.0 Å². The molecule has 1 aromatic carbocycles. The maximum atomic E-state index is 11.7. The fourth-order valence-corrected chi connectivity index (χ4v) is 2.98. The molecule has 0 atom stereocenters. The molecule has 3 aromatic rings. The Morgan fingerprint density at radius 2 is 1.96 bits per heavy atom. The fraction of sp³-hybridized carbons (Fsp3) is 0.238. The molecule has 0 amide bonds. The number of carbonyl (C=O) groups is 1. The number of aliphatic hydroxyl groups excluding tert-OH is 1. The minimum absolute atomic E-state index is 0.132. The van der Waals surface area contributed by atoms with E-state index in [-0.39, 0.29) is 12.6 Å². The molecule has 0 saturated heterocycles. The highest BCUT2D eigenvalue weighted by molar-refractivity contribution is 5.89. The van der Waals surface area contributed by atoms with Crippen molar-refractivity contribution in [3.8, 4) is 5.69 Å². The summed E-state index contributed by atoms with van der Waals surface area (Å²) in [5.74, 6) is -0.362. The lowest BCUT2D eigenvalue weighted by Gasteiger charge is -2.11. The van der Waals surface area contributed by atoms with Gasteiger partial charge in [0.15, 0.2) is 0 Å². The number of hydrogen-bond acceptors (Lipinski definition) is 4. The van der Waals surface area contributed by atoms with Crippen LogP contribution in [0.3, 0.4) is 0 Å². The number of rotatable bonds is 6. The SMILES string of the molecule is C=C(C)c1cnc2c(c1)cc(CCCO)n2-c1ccc(C(=O)OC)cc1. The molecule has 5 nitrogen and oxygen atoms in total. The first-order valence-corrected chi connectivity index (χ1v) is 8.51. The van der Waals surface area contributed by atoms with Crippen LogP contribution in [0.1, 0.15) is 35.0 Å². The first kappa shape index (κ1) is 17.9. The summed E-state index contributed by atoms with van der Waals surface area (Å²) in [5.41, 5.74) is 5.29. The van der Waals surface area contributed by atoms with Gasteiger partial charge >= 0.3 is 5.97 Å². The predicted octanol–water partition coefficient (Wildman–Crippen LogP) is 3.77. The summed E-state index contributed by atoms with van der Waals surface area (Å²) in [6.07, 6.45) is 3.22. The van der Waals surface area contributed by atoms with Crippen LogP contribution in [0.25, 0.3) is 22.3 Å². The van der Waals surface area contributed by atoms with Gasteiger partial charge in [0.1, 0.15) is 5.65 Å². The van der Waals surface area contributed by atoms with Crippen molar-refractivity contribution in [2.45, 2.75) is 19.8 Å². The molecule has 1 N–H and O–H groups in total. The third-order valence-corrected chi connectivity index (χ3v) is 4.35. The number of aromatic nitrogens is 2. The molecular weight excluding hydrogens is 328 g/mol. The zero-order valence-electron chi connectivity index (χ0n) is 15.0. The van der Waals surface area contributed by atoms with E-state index < -0.39 is 0 Å². The van der Waals surface area contributed by atoms with E-state index in [2.05, 4.69) is 28.3 Å². The third kappa shape index (κ3) is 3.39. The Morgan fingerprint density at radius 1 is 1.23 bits per heavy atom. The molecule has 0 saturated carbocycles. The number of carbonyl (C=O) groups excluding carboxylic acids is 1. The monoisotopic (exact) mass is 350 g/mol. The largest absolute Gasteiger partial charge is 0.465 e. The van der Waals surface area contributed by atoms with Crippen molar-refractivity contribution < 1.29 is 14.6 Å². The molecular formula is C21H22N2O3. The summed E-state index contributed by atoms with van der Waals surface area (Å²) in [7, 11) is 1.37. The summed E-state index contributed by atoms with van der Waals surface area (Å²) in [6.45, 7) is 6.07. The van der Waals surface area contributed by atoms with E-state index in [1.54, 1.807) is 12.1 Å². The summed E-state index contributed by atoms with van der Waals surface area (Å²) in [5, 5.41) is 10.2. The van der Waals surface area contributed by atoms with Crippen molar-refractivity contribution in [1.82, 2.24) is 9.55 Å². The second-order valence-electron chi connectivity index (χ2n) is 6.25. The molecule has 0 spiro atoms. The van der Waals surface area contributed by atoms with E-state index in [9.17, 15) is 9.90 Å². The van der Waals surface area contributed by atoms with Gasteiger partial charge in [-0.25, -0.2) is 9.78 Å². The molecule has 2 heterocycles. The molecule has 0 aliphatic rings. The molecule has 26 heavy (non-hydrogen) atoms. The highest BCUT2D eigenvalue weighted by atomic mass is 16.5. The summed E-state index contributed by atoms with van der Waals surface area (Å²) in [4.78, 5) is 16.3. The van der Waals surface area contributed by atoms with Gasteiger partial charge < -0.3 is 9.84 Å². The van der Waals surface area contributed by atoms with Crippen molar-refractivity contribution in [3.63, 3.8) is 0 Å². The maximum Gasteiger partial charge on any atom is 0.337 e.